The highest BCUT2D eigenvalue weighted by atomic mass is 32.2. The monoisotopic (exact) mass is 305 g/mol. The highest BCUT2D eigenvalue weighted by molar-refractivity contribution is 7.90. The summed E-state index contributed by atoms with van der Waals surface area (Å²) < 4.78 is 48.4. The van der Waals surface area contributed by atoms with Crippen molar-refractivity contribution < 1.29 is 22.0 Å². The van der Waals surface area contributed by atoms with Crippen molar-refractivity contribution >= 4 is 15.6 Å². The Morgan fingerprint density at radius 3 is 2.50 bits per heavy atom. The van der Waals surface area contributed by atoms with Gasteiger partial charge in [-0.2, -0.15) is 0 Å². The third-order valence-corrected chi connectivity index (χ3v) is 3.74. The molecule has 0 fully saturated rings. The minimum absolute atomic E-state index is 0.000630. The van der Waals surface area contributed by atoms with Crippen LogP contribution in [0.5, 0.6) is 0 Å². The third kappa shape index (κ3) is 5.34. The first kappa shape index (κ1) is 16.7. The molecule has 20 heavy (non-hydrogen) atoms. The number of Topliss-reactive ketones (excluding diaryl/α,β-unsaturated/α-hetero) is 1. The van der Waals surface area contributed by atoms with Crippen LogP contribution in [0.3, 0.4) is 0 Å². The summed E-state index contributed by atoms with van der Waals surface area (Å²) in [7, 11) is -1.39. The molecule has 0 saturated heterocycles. The predicted octanol–water partition coefficient (Wildman–Crippen LogP) is 1.51. The zero-order chi connectivity index (χ0) is 15.3. The minimum Gasteiger partial charge on any atom is -0.305 e. The molecule has 0 N–H and O–H groups in total. The Bertz CT molecular complexity index is 587. The van der Waals surface area contributed by atoms with E-state index in [0.717, 1.165) is 12.3 Å². The molecule has 0 aromatic heterocycles. The molecule has 0 aliphatic carbocycles. The van der Waals surface area contributed by atoms with Gasteiger partial charge < -0.3 is 4.90 Å². The van der Waals surface area contributed by atoms with Crippen LogP contribution in [0.1, 0.15) is 16.8 Å². The molecular formula is C13H17F2NO3S. The van der Waals surface area contributed by atoms with Crippen molar-refractivity contribution in [1.29, 1.82) is 0 Å². The van der Waals surface area contributed by atoms with Gasteiger partial charge in [0.25, 0.3) is 0 Å². The lowest BCUT2D eigenvalue weighted by atomic mass is 10.1. The lowest BCUT2D eigenvalue weighted by Gasteiger charge is -2.15. The summed E-state index contributed by atoms with van der Waals surface area (Å²) in [6.07, 6.45) is 1.13. The van der Waals surface area contributed by atoms with Crippen molar-refractivity contribution in [2.24, 2.45) is 0 Å². The lowest BCUT2D eigenvalue weighted by Crippen LogP contribution is -2.27. The van der Waals surface area contributed by atoms with Gasteiger partial charge in [0.1, 0.15) is 9.84 Å². The van der Waals surface area contributed by atoms with Crippen molar-refractivity contribution in [2.75, 3.05) is 32.1 Å². The first-order valence-corrected chi connectivity index (χ1v) is 8.10. The summed E-state index contributed by atoms with van der Waals surface area (Å²) in [5.41, 5.74) is -0.276. The Labute approximate surface area is 117 Å². The van der Waals surface area contributed by atoms with Crippen LogP contribution in [-0.2, 0) is 9.84 Å². The van der Waals surface area contributed by atoms with Crippen molar-refractivity contribution in [3.63, 3.8) is 0 Å². The largest absolute Gasteiger partial charge is 0.305 e. The van der Waals surface area contributed by atoms with Gasteiger partial charge in [-0.25, -0.2) is 17.2 Å². The van der Waals surface area contributed by atoms with E-state index in [0.29, 0.717) is 0 Å². The van der Waals surface area contributed by atoms with Crippen molar-refractivity contribution in [3.8, 4) is 0 Å². The van der Waals surface area contributed by atoms with E-state index < -0.39 is 27.3 Å². The number of carbonyl (C=O) groups excluding carboxylic acids is 1. The SMILES string of the molecule is CN(CCC(=O)c1cccc(F)c1F)CCS(C)(=O)=O. The molecule has 112 valence electrons. The first-order chi connectivity index (χ1) is 9.20. The van der Waals surface area contributed by atoms with Crippen molar-refractivity contribution in [1.82, 2.24) is 4.90 Å². The summed E-state index contributed by atoms with van der Waals surface area (Å²) in [6.45, 7) is 0.571. The molecule has 0 aliphatic rings. The molecule has 0 heterocycles. The summed E-state index contributed by atoms with van der Waals surface area (Å²) in [5.74, 6) is -2.71. The molecule has 0 aliphatic heterocycles. The second kappa shape index (κ2) is 6.90. The van der Waals surface area contributed by atoms with Crippen molar-refractivity contribution in [3.05, 3.63) is 35.4 Å². The number of hydrogen-bond acceptors (Lipinski definition) is 4. The van der Waals surface area contributed by atoms with E-state index >= 15 is 0 Å². The van der Waals surface area contributed by atoms with Crippen LogP contribution in [0, 0.1) is 11.6 Å². The molecule has 7 heteroatoms. The molecule has 0 atom stereocenters. The number of hydrogen-bond donors (Lipinski definition) is 0. The molecule has 0 amide bonds. The minimum atomic E-state index is -3.06. The molecule has 0 spiro atoms. The molecule has 0 unspecified atom stereocenters. The van der Waals surface area contributed by atoms with Gasteiger partial charge in [0.05, 0.1) is 11.3 Å². The first-order valence-electron chi connectivity index (χ1n) is 6.04. The van der Waals surface area contributed by atoms with Crippen LogP contribution < -0.4 is 0 Å². The van der Waals surface area contributed by atoms with E-state index in [9.17, 15) is 22.0 Å². The number of nitrogens with zero attached hydrogens (tertiary/aromatic N) is 1. The molecule has 4 nitrogen and oxygen atoms in total. The number of rotatable bonds is 7. The van der Waals surface area contributed by atoms with E-state index in [1.165, 1.54) is 12.1 Å². The van der Waals surface area contributed by atoms with Gasteiger partial charge in [-0.05, 0) is 19.2 Å². The predicted molar refractivity (Wildman–Crippen MR) is 72.5 cm³/mol. The van der Waals surface area contributed by atoms with E-state index in [-0.39, 0.29) is 30.8 Å². The van der Waals surface area contributed by atoms with E-state index in [4.69, 9.17) is 0 Å². The van der Waals surface area contributed by atoms with Gasteiger partial charge in [-0.1, -0.05) is 6.07 Å². The second-order valence-corrected chi connectivity index (χ2v) is 6.97. The fraction of sp³-hybridized carbons (Fsp3) is 0.462. The Morgan fingerprint density at radius 1 is 1.25 bits per heavy atom. The zero-order valence-electron chi connectivity index (χ0n) is 11.4. The fourth-order valence-electron chi connectivity index (χ4n) is 1.58. The molecular weight excluding hydrogens is 288 g/mol. The van der Waals surface area contributed by atoms with Crippen LogP contribution in [0.4, 0.5) is 8.78 Å². The summed E-state index contributed by atoms with van der Waals surface area (Å²) in [4.78, 5) is 13.4. The summed E-state index contributed by atoms with van der Waals surface area (Å²) in [5, 5.41) is 0. The van der Waals surface area contributed by atoms with E-state index in [2.05, 4.69) is 0 Å². The van der Waals surface area contributed by atoms with E-state index in [1.54, 1.807) is 11.9 Å². The highest BCUT2D eigenvalue weighted by Gasteiger charge is 2.15. The Kier molecular flexibility index (Phi) is 5.76. The lowest BCUT2D eigenvalue weighted by molar-refractivity contribution is 0.0965. The van der Waals surface area contributed by atoms with Gasteiger partial charge in [-0.3, -0.25) is 4.79 Å². The Hall–Kier alpha value is -1.34. The number of halogens is 2. The molecule has 1 aromatic carbocycles. The quantitative estimate of drug-likeness (QED) is 0.717. The zero-order valence-corrected chi connectivity index (χ0v) is 12.2. The number of carbonyl (C=O) groups is 1. The van der Waals surface area contributed by atoms with E-state index in [1.807, 2.05) is 0 Å². The van der Waals surface area contributed by atoms with Crippen LogP contribution in [-0.4, -0.2) is 51.2 Å². The van der Waals surface area contributed by atoms with Gasteiger partial charge in [-0.15, -0.1) is 0 Å². The van der Waals surface area contributed by atoms with Gasteiger partial charge >= 0.3 is 0 Å². The Morgan fingerprint density at radius 2 is 1.90 bits per heavy atom. The summed E-state index contributed by atoms with van der Waals surface area (Å²) in [6, 6.07) is 3.46. The van der Waals surface area contributed by atoms with Gasteiger partial charge in [0, 0.05) is 25.8 Å². The number of sulfone groups is 1. The highest BCUT2D eigenvalue weighted by Crippen LogP contribution is 2.13. The maximum atomic E-state index is 13.4. The topological polar surface area (TPSA) is 54.5 Å². The normalized spacial score (nSPS) is 11.8. The number of ketones is 1. The third-order valence-electron chi connectivity index (χ3n) is 2.82. The van der Waals surface area contributed by atoms with Crippen LogP contribution >= 0.6 is 0 Å². The second-order valence-electron chi connectivity index (χ2n) is 4.71. The maximum Gasteiger partial charge on any atom is 0.169 e. The van der Waals surface area contributed by atoms with Gasteiger partial charge in [0.15, 0.2) is 17.4 Å². The smallest absolute Gasteiger partial charge is 0.169 e. The summed E-state index contributed by atoms with van der Waals surface area (Å²) >= 11 is 0. The fourth-order valence-corrected chi connectivity index (χ4v) is 2.22. The molecule has 1 aromatic rings. The maximum absolute atomic E-state index is 13.4. The average molecular weight is 305 g/mol. The van der Waals surface area contributed by atoms with Crippen LogP contribution in [0.15, 0.2) is 18.2 Å². The molecule has 0 radical (unpaired) electrons. The van der Waals surface area contributed by atoms with Crippen LogP contribution in [0.2, 0.25) is 0 Å². The molecule has 0 bridgehead atoms. The van der Waals surface area contributed by atoms with Crippen LogP contribution in [0.25, 0.3) is 0 Å². The number of benzene rings is 1. The average Bonchev–Trinajstić information content (AvgIpc) is 2.36. The van der Waals surface area contributed by atoms with Crippen molar-refractivity contribution in [2.45, 2.75) is 6.42 Å². The standard InChI is InChI=1S/C13H17F2NO3S/c1-16(8-9-20(2,18)19)7-6-12(17)10-4-3-5-11(14)13(10)15/h3-5H,6-9H2,1-2H3. The van der Waals surface area contributed by atoms with Gasteiger partial charge in [0.2, 0.25) is 0 Å². The molecule has 0 saturated carbocycles. The molecule has 1 rings (SSSR count). The Balaban J connectivity index is 2.53.